The highest BCUT2D eigenvalue weighted by Gasteiger charge is 2.32. The number of para-hydroxylation sites is 1. The second-order valence-electron chi connectivity index (χ2n) is 10.6. The Bertz CT molecular complexity index is 1080. The van der Waals surface area contributed by atoms with Crippen LogP contribution in [0.4, 0.5) is 0 Å². The summed E-state index contributed by atoms with van der Waals surface area (Å²) in [5, 5.41) is 27.3. The normalized spacial score (nSPS) is 17.9. The number of carbonyl (C=O) groups is 2. The number of aliphatic hydroxyl groups is 2. The first-order chi connectivity index (χ1) is 17.2. The predicted octanol–water partition coefficient (Wildman–Crippen LogP) is 3.38. The lowest BCUT2D eigenvalue weighted by Crippen LogP contribution is -2.52. The number of nitrogens with one attached hydrogen (secondary N) is 2. The first-order valence-corrected chi connectivity index (χ1v) is 13.1. The van der Waals surface area contributed by atoms with Crippen LogP contribution >= 0.6 is 0 Å². The zero-order chi connectivity index (χ0) is 26.2. The second kappa shape index (κ2) is 13.0. The molecule has 8 nitrogen and oxygen atoms in total. The molecule has 198 valence electrons. The molecule has 2 aromatic rings. The molecule has 0 bridgehead atoms. The van der Waals surface area contributed by atoms with Crippen molar-refractivity contribution in [2.45, 2.75) is 84.0 Å². The van der Waals surface area contributed by atoms with Gasteiger partial charge in [-0.05, 0) is 36.8 Å². The van der Waals surface area contributed by atoms with Gasteiger partial charge in [0.15, 0.2) is 0 Å². The predicted molar refractivity (Wildman–Crippen MR) is 139 cm³/mol. The molecule has 1 fully saturated rings. The molecule has 4 N–H and O–H groups in total. The molecule has 2 amide bonds. The van der Waals surface area contributed by atoms with Crippen molar-refractivity contribution in [1.29, 1.82) is 0 Å². The number of carbonyl (C=O) groups excluding carboxylic acids is 2. The smallest absolute Gasteiger partial charge is 0.258 e. The highest BCUT2D eigenvalue weighted by molar-refractivity contribution is 5.96. The zero-order valence-corrected chi connectivity index (χ0v) is 21.5. The van der Waals surface area contributed by atoms with Gasteiger partial charge in [0.1, 0.15) is 23.5 Å². The quantitative estimate of drug-likeness (QED) is 0.374. The Hall–Kier alpha value is -2.71. The fourth-order valence-electron chi connectivity index (χ4n) is 4.95. The van der Waals surface area contributed by atoms with E-state index in [0.717, 1.165) is 31.9 Å². The third-order valence-corrected chi connectivity index (χ3v) is 7.10. The van der Waals surface area contributed by atoms with E-state index < -0.39 is 35.5 Å². The fraction of sp³-hybridized carbons (Fsp3) is 0.607. The van der Waals surface area contributed by atoms with Crippen molar-refractivity contribution in [2.75, 3.05) is 6.54 Å². The monoisotopic (exact) mass is 500 g/mol. The Morgan fingerprint density at radius 1 is 1.08 bits per heavy atom. The van der Waals surface area contributed by atoms with Crippen LogP contribution in [0, 0.1) is 17.8 Å². The molecule has 1 aromatic heterocycles. The molecule has 4 atom stereocenters. The Balaban J connectivity index is 1.62. The van der Waals surface area contributed by atoms with Crippen LogP contribution in [0.15, 0.2) is 39.7 Å². The lowest BCUT2D eigenvalue weighted by atomic mass is 9.82. The minimum atomic E-state index is -1.07. The van der Waals surface area contributed by atoms with Crippen molar-refractivity contribution in [1.82, 2.24) is 10.6 Å². The van der Waals surface area contributed by atoms with Crippen molar-refractivity contribution in [3.8, 4) is 0 Å². The van der Waals surface area contributed by atoms with E-state index >= 15 is 0 Å². The van der Waals surface area contributed by atoms with Gasteiger partial charge < -0.3 is 25.3 Å². The number of hydrogen-bond acceptors (Lipinski definition) is 6. The number of hydrogen-bond donors (Lipinski definition) is 4. The van der Waals surface area contributed by atoms with Gasteiger partial charge in [0.25, 0.3) is 5.91 Å². The van der Waals surface area contributed by atoms with Crippen molar-refractivity contribution in [2.24, 2.45) is 17.8 Å². The molecular formula is C28H40N2O6. The van der Waals surface area contributed by atoms with Crippen LogP contribution in [0.5, 0.6) is 0 Å². The molecule has 0 radical (unpaired) electrons. The van der Waals surface area contributed by atoms with E-state index in [4.69, 9.17) is 4.42 Å². The van der Waals surface area contributed by atoms with Crippen molar-refractivity contribution in [3.63, 3.8) is 0 Å². The van der Waals surface area contributed by atoms with E-state index in [1.165, 1.54) is 6.42 Å². The summed E-state index contributed by atoms with van der Waals surface area (Å²) >= 11 is 0. The average molecular weight is 501 g/mol. The van der Waals surface area contributed by atoms with Crippen LogP contribution in [-0.2, 0) is 4.79 Å². The maximum Gasteiger partial charge on any atom is 0.258 e. The SMILES string of the molecule is CC(C)C[C@H](O)[C@H](O)[C@@H](CC1CCCCC1)NC(=O)[C@@H](C)CNC(=O)c1coc2ccccc2c1=O. The highest BCUT2D eigenvalue weighted by Crippen LogP contribution is 2.29. The molecule has 0 unspecified atom stereocenters. The van der Waals surface area contributed by atoms with Gasteiger partial charge in [-0.25, -0.2) is 0 Å². The van der Waals surface area contributed by atoms with Crippen LogP contribution in [0.25, 0.3) is 11.0 Å². The largest absolute Gasteiger partial charge is 0.463 e. The maximum absolute atomic E-state index is 13.0. The molecule has 1 aliphatic carbocycles. The van der Waals surface area contributed by atoms with E-state index in [0.29, 0.717) is 29.7 Å². The molecule has 1 aliphatic rings. The molecule has 8 heteroatoms. The van der Waals surface area contributed by atoms with Crippen molar-refractivity contribution >= 4 is 22.8 Å². The van der Waals surface area contributed by atoms with Gasteiger partial charge in [-0.3, -0.25) is 14.4 Å². The van der Waals surface area contributed by atoms with Gasteiger partial charge in [-0.15, -0.1) is 0 Å². The Kier molecular flexibility index (Phi) is 10.1. The number of benzene rings is 1. The van der Waals surface area contributed by atoms with E-state index in [2.05, 4.69) is 10.6 Å². The van der Waals surface area contributed by atoms with Crippen LogP contribution < -0.4 is 16.1 Å². The Morgan fingerprint density at radius 2 is 1.78 bits per heavy atom. The third-order valence-electron chi connectivity index (χ3n) is 7.10. The summed E-state index contributed by atoms with van der Waals surface area (Å²) in [5.74, 6) is -0.933. The number of amides is 2. The Morgan fingerprint density at radius 3 is 2.47 bits per heavy atom. The summed E-state index contributed by atoms with van der Waals surface area (Å²) in [7, 11) is 0. The molecule has 1 heterocycles. The lowest BCUT2D eigenvalue weighted by molar-refractivity contribution is -0.127. The van der Waals surface area contributed by atoms with E-state index in [9.17, 15) is 24.6 Å². The maximum atomic E-state index is 13.0. The summed E-state index contributed by atoms with van der Waals surface area (Å²) in [6.45, 7) is 5.64. The van der Waals surface area contributed by atoms with Gasteiger partial charge in [-0.1, -0.05) is 65.0 Å². The minimum Gasteiger partial charge on any atom is -0.463 e. The summed E-state index contributed by atoms with van der Waals surface area (Å²) < 4.78 is 5.41. The summed E-state index contributed by atoms with van der Waals surface area (Å²) in [5.41, 5.74) is -0.154. The summed E-state index contributed by atoms with van der Waals surface area (Å²) in [6.07, 6.45) is 5.79. The topological polar surface area (TPSA) is 129 Å². The van der Waals surface area contributed by atoms with Crippen LogP contribution in [-0.4, -0.2) is 46.8 Å². The first-order valence-electron chi connectivity index (χ1n) is 13.1. The standard InChI is InChI=1S/C28H40N2O6/c1-17(2)13-23(31)26(33)22(14-19-9-5-4-6-10-19)30-27(34)18(3)15-29-28(35)21-16-36-24-12-8-7-11-20(24)25(21)32/h7-8,11-12,16-19,22-23,26,31,33H,4-6,9-10,13-15H2,1-3H3,(H,29,35)(H,30,34)/t18-,22+,23-,26+/m0/s1. The number of rotatable bonds is 11. The van der Waals surface area contributed by atoms with E-state index in [1.54, 1.807) is 31.2 Å². The molecule has 1 aromatic carbocycles. The molecule has 36 heavy (non-hydrogen) atoms. The first kappa shape index (κ1) is 27.9. The molecule has 0 aliphatic heterocycles. The van der Waals surface area contributed by atoms with Crippen LogP contribution in [0.2, 0.25) is 0 Å². The fourth-order valence-corrected chi connectivity index (χ4v) is 4.95. The lowest BCUT2D eigenvalue weighted by Gasteiger charge is -2.33. The van der Waals surface area contributed by atoms with Gasteiger partial charge in [0, 0.05) is 6.54 Å². The third kappa shape index (κ3) is 7.40. The van der Waals surface area contributed by atoms with Gasteiger partial charge in [0.2, 0.25) is 11.3 Å². The molecule has 3 rings (SSSR count). The molecule has 1 saturated carbocycles. The van der Waals surface area contributed by atoms with Gasteiger partial charge in [-0.2, -0.15) is 0 Å². The van der Waals surface area contributed by atoms with Crippen molar-refractivity contribution in [3.05, 3.63) is 46.3 Å². The summed E-state index contributed by atoms with van der Waals surface area (Å²) in [6, 6.07) is 6.12. The second-order valence-corrected chi connectivity index (χ2v) is 10.6. The van der Waals surface area contributed by atoms with Crippen LogP contribution in [0.1, 0.15) is 76.1 Å². The Labute approximate surface area is 212 Å². The summed E-state index contributed by atoms with van der Waals surface area (Å²) in [4.78, 5) is 38.3. The number of fused-ring (bicyclic) bond motifs is 1. The van der Waals surface area contributed by atoms with Gasteiger partial charge >= 0.3 is 0 Å². The molecular weight excluding hydrogens is 460 g/mol. The number of aliphatic hydroxyl groups excluding tert-OH is 2. The van der Waals surface area contributed by atoms with E-state index in [-0.39, 0.29) is 23.9 Å². The molecule has 0 spiro atoms. The minimum absolute atomic E-state index is 0.0116. The molecule has 0 saturated heterocycles. The zero-order valence-electron chi connectivity index (χ0n) is 21.5. The van der Waals surface area contributed by atoms with E-state index in [1.807, 2.05) is 13.8 Å². The van der Waals surface area contributed by atoms with Crippen molar-refractivity contribution < 1.29 is 24.2 Å². The van der Waals surface area contributed by atoms with Crippen LogP contribution in [0.3, 0.4) is 0 Å². The average Bonchev–Trinajstić information content (AvgIpc) is 2.86. The highest BCUT2D eigenvalue weighted by atomic mass is 16.3. The van der Waals surface area contributed by atoms with Gasteiger partial charge in [0.05, 0.1) is 23.4 Å².